The predicted molar refractivity (Wildman–Crippen MR) is 86.3 cm³/mol. The highest BCUT2D eigenvalue weighted by atomic mass is 16.1. The van der Waals surface area contributed by atoms with Gasteiger partial charge in [0.25, 0.3) is 0 Å². The molecule has 1 amide bonds. The van der Waals surface area contributed by atoms with Crippen LogP contribution in [-0.4, -0.2) is 20.7 Å². The topological polar surface area (TPSA) is 59.8 Å². The Hall–Kier alpha value is -2.17. The summed E-state index contributed by atoms with van der Waals surface area (Å²) in [6.07, 6.45) is 8.47. The molecule has 3 rings (SSSR count). The van der Waals surface area contributed by atoms with E-state index in [1.165, 1.54) is 32.1 Å². The van der Waals surface area contributed by atoms with Crippen molar-refractivity contribution in [3.05, 3.63) is 30.6 Å². The molecule has 1 heterocycles. The first-order valence-electron chi connectivity index (χ1n) is 7.97. The lowest BCUT2D eigenvalue weighted by atomic mass is 9.87. The molecule has 2 aromatic rings. The molecule has 0 atom stereocenters. The Labute approximate surface area is 130 Å². The summed E-state index contributed by atoms with van der Waals surface area (Å²) in [5.74, 6) is 1.39. The smallest absolute Gasteiger partial charge is 0.224 e. The number of hydrogen-bond acceptors (Lipinski definition) is 3. The van der Waals surface area contributed by atoms with Crippen molar-refractivity contribution in [3.8, 4) is 11.4 Å². The molecule has 1 fully saturated rings. The van der Waals surface area contributed by atoms with Gasteiger partial charge in [-0.2, -0.15) is 0 Å². The Morgan fingerprint density at radius 3 is 2.77 bits per heavy atom. The first-order valence-corrected chi connectivity index (χ1v) is 7.97. The lowest BCUT2D eigenvalue weighted by molar-refractivity contribution is -0.117. The van der Waals surface area contributed by atoms with Crippen LogP contribution in [0, 0.1) is 5.92 Å². The lowest BCUT2D eigenvalue weighted by Gasteiger charge is -2.21. The van der Waals surface area contributed by atoms with Crippen LogP contribution in [0.1, 0.15) is 38.5 Å². The molecule has 116 valence electrons. The molecule has 5 nitrogen and oxygen atoms in total. The molecule has 1 aliphatic carbocycles. The quantitative estimate of drug-likeness (QED) is 0.941. The van der Waals surface area contributed by atoms with Crippen LogP contribution in [0.4, 0.5) is 5.69 Å². The second-order valence-corrected chi connectivity index (χ2v) is 6.07. The Morgan fingerprint density at radius 1 is 1.27 bits per heavy atom. The first kappa shape index (κ1) is 14.8. The summed E-state index contributed by atoms with van der Waals surface area (Å²) >= 11 is 0. The Bertz CT molecular complexity index is 644. The van der Waals surface area contributed by atoms with E-state index in [1.807, 2.05) is 35.9 Å². The van der Waals surface area contributed by atoms with Crippen LogP contribution in [0.5, 0.6) is 0 Å². The number of nitrogens with zero attached hydrogens (tertiary/aromatic N) is 3. The molecule has 0 spiro atoms. The maximum Gasteiger partial charge on any atom is 0.224 e. The number of carbonyl (C=O) groups is 1. The Morgan fingerprint density at radius 2 is 2.05 bits per heavy atom. The van der Waals surface area contributed by atoms with Gasteiger partial charge in [0.2, 0.25) is 5.91 Å². The highest BCUT2D eigenvalue weighted by Gasteiger charge is 2.18. The molecular weight excluding hydrogens is 276 g/mol. The molecule has 0 bridgehead atoms. The number of carbonyl (C=O) groups excluding carboxylic acids is 1. The zero-order valence-electron chi connectivity index (χ0n) is 13.0. The molecule has 1 aliphatic rings. The molecule has 5 heteroatoms. The van der Waals surface area contributed by atoms with E-state index in [-0.39, 0.29) is 5.91 Å². The zero-order valence-corrected chi connectivity index (χ0v) is 13.0. The van der Waals surface area contributed by atoms with E-state index in [0.717, 1.165) is 17.1 Å². The van der Waals surface area contributed by atoms with Crippen LogP contribution < -0.4 is 5.32 Å². The van der Waals surface area contributed by atoms with Crippen LogP contribution in [0.2, 0.25) is 0 Å². The second-order valence-electron chi connectivity index (χ2n) is 6.07. The summed E-state index contributed by atoms with van der Waals surface area (Å²) in [5.41, 5.74) is 1.71. The molecule has 0 aliphatic heterocycles. The Balaban J connectivity index is 1.72. The molecule has 0 radical (unpaired) electrons. The monoisotopic (exact) mass is 298 g/mol. The van der Waals surface area contributed by atoms with Crippen LogP contribution in [0.15, 0.2) is 30.6 Å². The molecule has 0 unspecified atom stereocenters. The van der Waals surface area contributed by atoms with Gasteiger partial charge in [-0.05, 0) is 30.9 Å². The van der Waals surface area contributed by atoms with Crippen molar-refractivity contribution >= 4 is 11.6 Å². The fraction of sp³-hybridized carbons (Fsp3) is 0.471. The number of hydrogen-bond donors (Lipinski definition) is 1. The summed E-state index contributed by atoms with van der Waals surface area (Å²) in [5, 5.41) is 11.1. The number of nitrogens with one attached hydrogen (secondary N) is 1. The molecule has 1 aromatic heterocycles. The fourth-order valence-electron chi connectivity index (χ4n) is 3.17. The Kier molecular flexibility index (Phi) is 4.51. The van der Waals surface area contributed by atoms with E-state index in [0.29, 0.717) is 12.3 Å². The normalized spacial score (nSPS) is 15.7. The number of para-hydroxylation sites is 1. The summed E-state index contributed by atoms with van der Waals surface area (Å²) in [7, 11) is 1.90. The minimum absolute atomic E-state index is 0.0986. The minimum atomic E-state index is 0.0986. The highest BCUT2D eigenvalue weighted by molar-refractivity contribution is 5.94. The molecular formula is C17H22N4O. The van der Waals surface area contributed by atoms with Gasteiger partial charge in [-0.3, -0.25) is 4.79 Å². The van der Waals surface area contributed by atoms with Crippen molar-refractivity contribution < 1.29 is 4.79 Å². The third kappa shape index (κ3) is 3.35. The van der Waals surface area contributed by atoms with Crippen molar-refractivity contribution in [1.82, 2.24) is 14.8 Å². The molecule has 1 saturated carbocycles. The van der Waals surface area contributed by atoms with E-state index in [2.05, 4.69) is 15.5 Å². The van der Waals surface area contributed by atoms with Gasteiger partial charge >= 0.3 is 0 Å². The largest absolute Gasteiger partial charge is 0.325 e. The first-order chi connectivity index (χ1) is 10.7. The summed E-state index contributed by atoms with van der Waals surface area (Å²) in [4.78, 5) is 12.3. The van der Waals surface area contributed by atoms with E-state index < -0.39 is 0 Å². The SMILES string of the molecule is Cn1cnnc1-c1ccccc1NC(=O)CC1CCCCC1. The average Bonchev–Trinajstić information content (AvgIpc) is 2.95. The molecule has 22 heavy (non-hydrogen) atoms. The number of aryl methyl sites for hydroxylation is 1. The van der Waals surface area contributed by atoms with E-state index in [9.17, 15) is 4.79 Å². The van der Waals surface area contributed by atoms with Crippen LogP contribution in [-0.2, 0) is 11.8 Å². The van der Waals surface area contributed by atoms with E-state index in [4.69, 9.17) is 0 Å². The van der Waals surface area contributed by atoms with Gasteiger partial charge in [0.15, 0.2) is 5.82 Å². The summed E-state index contributed by atoms with van der Waals surface area (Å²) < 4.78 is 1.85. The maximum atomic E-state index is 12.3. The summed E-state index contributed by atoms with van der Waals surface area (Å²) in [6.45, 7) is 0. The minimum Gasteiger partial charge on any atom is -0.325 e. The van der Waals surface area contributed by atoms with Gasteiger partial charge in [0.05, 0.1) is 5.69 Å². The van der Waals surface area contributed by atoms with Crippen molar-refractivity contribution in [3.63, 3.8) is 0 Å². The predicted octanol–water partition coefficient (Wildman–Crippen LogP) is 3.39. The standard InChI is InChI=1S/C17H22N4O/c1-21-12-18-20-17(21)14-9-5-6-10-15(14)19-16(22)11-13-7-3-2-4-8-13/h5-6,9-10,12-13H,2-4,7-8,11H2,1H3,(H,19,22). The molecule has 0 saturated heterocycles. The van der Waals surface area contributed by atoms with Gasteiger partial charge < -0.3 is 9.88 Å². The second kappa shape index (κ2) is 6.73. The van der Waals surface area contributed by atoms with Crippen LogP contribution in [0.25, 0.3) is 11.4 Å². The number of anilines is 1. The van der Waals surface area contributed by atoms with Crippen molar-refractivity contribution in [2.75, 3.05) is 5.32 Å². The van der Waals surface area contributed by atoms with Crippen molar-refractivity contribution in [2.45, 2.75) is 38.5 Å². The number of benzene rings is 1. The third-order valence-corrected chi connectivity index (χ3v) is 4.35. The highest BCUT2D eigenvalue weighted by Crippen LogP contribution is 2.28. The number of amides is 1. The van der Waals surface area contributed by atoms with Gasteiger partial charge in [0, 0.05) is 19.0 Å². The molecule has 1 aromatic carbocycles. The van der Waals surface area contributed by atoms with Crippen molar-refractivity contribution in [1.29, 1.82) is 0 Å². The van der Waals surface area contributed by atoms with E-state index >= 15 is 0 Å². The van der Waals surface area contributed by atoms with Gasteiger partial charge in [-0.15, -0.1) is 10.2 Å². The molecule has 1 N–H and O–H groups in total. The fourth-order valence-corrected chi connectivity index (χ4v) is 3.17. The van der Waals surface area contributed by atoms with Crippen LogP contribution in [0.3, 0.4) is 0 Å². The third-order valence-electron chi connectivity index (χ3n) is 4.35. The van der Waals surface area contributed by atoms with E-state index in [1.54, 1.807) is 6.33 Å². The van der Waals surface area contributed by atoms with Gasteiger partial charge in [-0.1, -0.05) is 31.4 Å². The maximum absolute atomic E-state index is 12.3. The number of aromatic nitrogens is 3. The summed E-state index contributed by atoms with van der Waals surface area (Å²) in [6, 6.07) is 7.75. The van der Waals surface area contributed by atoms with Crippen molar-refractivity contribution in [2.24, 2.45) is 13.0 Å². The lowest BCUT2D eigenvalue weighted by Crippen LogP contribution is -2.18. The van der Waals surface area contributed by atoms with Gasteiger partial charge in [-0.25, -0.2) is 0 Å². The average molecular weight is 298 g/mol. The zero-order chi connectivity index (χ0) is 15.4. The number of rotatable bonds is 4. The van der Waals surface area contributed by atoms with Gasteiger partial charge in [0.1, 0.15) is 6.33 Å². The van der Waals surface area contributed by atoms with Crippen LogP contribution >= 0.6 is 0 Å².